The summed E-state index contributed by atoms with van der Waals surface area (Å²) in [6.07, 6.45) is 86.9. The molecule has 0 aliphatic carbocycles. The predicted molar refractivity (Wildman–Crippen MR) is 434 cm³/mol. The minimum Gasteiger partial charge on any atom is -0.179 e. The van der Waals surface area contributed by atoms with E-state index in [1.165, 1.54) is 403 Å². The molecule has 1 aliphatic heterocycles. The van der Waals surface area contributed by atoms with Crippen molar-refractivity contribution in [3.05, 3.63) is 0 Å². The second kappa shape index (κ2) is 71.4. The number of unbranched alkanes of at least 4 members (excludes halogenated alkanes) is 48. The molecular weight excluding hydrogens is 1280 g/mol. The van der Waals surface area contributed by atoms with Gasteiger partial charge >= 0.3 is 0 Å². The van der Waals surface area contributed by atoms with E-state index in [1.54, 1.807) is 0 Å². The van der Waals surface area contributed by atoms with E-state index >= 15 is 0 Å². The van der Waals surface area contributed by atoms with Crippen molar-refractivity contribution in [1.29, 1.82) is 0 Å². The second-order valence-electron chi connectivity index (χ2n) is 26.4. The maximum Gasteiger partial charge on any atom is 0.106 e. The summed E-state index contributed by atoms with van der Waals surface area (Å²) in [6.45, 7) is 0. The van der Waals surface area contributed by atoms with Gasteiger partial charge in [0, 0.05) is 22.0 Å². The molecule has 1 aliphatic rings. The molecular formula is C72H144PS12. The fraction of sp³-hybridized carbons (Fsp3) is 1.00. The van der Waals surface area contributed by atoms with E-state index in [9.17, 15) is 0 Å². The van der Waals surface area contributed by atoms with Gasteiger partial charge in [-0.15, -0.1) is 0 Å². The van der Waals surface area contributed by atoms with Crippen LogP contribution in [0.25, 0.3) is 0 Å². The molecule has 1 rings (SSSR count). The molecule has 2 unspecified atom stereocenters. The Bertz CT molecular complexity index is 1220. The normalized spacial score (nSPS) is 16.6. The molecule has 0 nitrogen and oxygen atoms in total. The molecule has 0 aromatic rings. The van der Waals surface area contributed by atoms with Crippen molar-refractivity contribution in [1.82, 2.24) is 0 Å². The van der Waals surface area contributed by atoms with Crippen LogP contribution in [-0.2, 0) is 0 Å². The van der Waals surface area contributed by atoms with Crippen molar-refractivity contribution in [2.45, 2.75) is 396 Å². The smallest absolute Gasteiger partial charge is 0.106 e. The topological polar surface area (TPSA) is 0 Å². The van der Waals surface area contributed by atoms with Crippen molar-refractivity contribution >= 4 is 145 Å². The predicted octanol–water partition coefficient (Wildman–Crippen LogP) is 31.4. The lowest BCUT2D eigenvalue weighted by Crippen LogP contribution is -2.51. The van der Waals surface area contributed by atoms with Crippen LogP contribution in [0.5, 0.6) is 0 Å². The van der Waals surface area contributed by atoms with Gasteiger partial charge in [0.1, 0.15) is 5.53 Å². The van der Waals surface area contributed by atoms with Crippen LogP contribution >= 0.6 is 145 Å². The molecule has 509 valence electrons. The highest BCUT2D eigenvalue weighted by Crippen LogP contribution is 2.82. The number of hydrogen-bond acceptors (Lipinski definition) is 11. The van der Waals surface area contributed by atoms with E-state index in [4.69, 9.17) is 12.6 Å². The number of hydrogen-bond donors (Lipinski definition) is 5. The zero-order valence-electron chi connectivity index (χ0n) is 55.9. The number of rotatable bonds is 68. The molecule has 0 bridgehead atoms. The third-order valence-electron chi connectivity index (χ3n) is 19.1. The van der Waals surface area contributed by atoms with E-state index < -0.39 is 0 Å². The highest BCUT2D eigenvalue weighted by Gasteiger charge is 2.54. The minimum absolute atomic E-state index is 0.250. The first kappa shape index (κ1) is 87.6. The van der Waals surface area contributed by atoms with Crippen LogP contribution < -0.4 is 0 Å². The molecule has 1 radical (unpaired) electrons. The summed E-state index contributed by atoms with van der Waals surface area (Å²) >= 11 is 27.8. The SMILES string of the molecule is [S]CCCCCCSSP1SSCCCC(CCCCCCCCCCCCS)C(CCCCCCCCCCCCS)(CCCCCCCCCCCCS)C(CCCCCCCCCCCCS)(CCCCCCCCCCCCS)SS1. The maximum absolute atomic E-state index is 5.33. The lowest BCUT2D eigenvalue weighted by atomic mass is 9.56. The van der Waals surface area contributed by atoms with E-state index in [0.717, 1.165) is 40.4 Å². The summed E-state index contributed by atoms with van der Waals surface area (Å²) in [5.74, 6) is 9.72. The zero-order valence-corrected chi connectivity index (χ0v) is 67.0. The first-order valence-corrected chi connectivity index (χ1v) is 51.2. The Kier molecular flexibility index (Phi) is 73.6. The fourth-order valence-electron chi connectivity index (χ4n) is 13.9. The average molecular weight is 1430 g/mol. The highest BCUT2D eigenvalue weighted by molar-refractivity contribution is 9.41. The summed E-state index contributed by atoms with van der Waals surface area (Å²) < 4.78 is 0.348. The Morgan fingerprint density at radius 1 is 0.341 bits per heavy atom. The first-order chi connectivity index (χ1) is 42.1. The van der Waals surface area contributed by atoms with Crippen molar-refractivity contribution in [2.24, 2.45) is 11.3 Å². The Morgan fingerprint density at radius 3 is 0.976 bits per heavy atom. The van der Waals surface area contributed by atoms with Gasteiger partial charge in [0.2, 0.25) is 0 Å². The van der Waals surface area contributed by atoms with Crippen LogP contribution in [0, 0.1) is 11.3 Å². The van der Waals surface area contributed by atoms with E-state index in [-0.39, 0.29) is 5.53 Å². The molecule has 0 aromatic heterocycles. The monoisotopic (exact) mass is 1420 g/mol. The number of thiol groups is 5. The van der Waals surface area contributed by atoms with Gasteiger partial charge in [0.15, 0.2) is 0 Å². The summed E-state index contributed by atoms with van der Waals surface area (Å²) in [6, 6.07) is 0. The van der Waals surface area contributed by atoms with Crippen LogP contribution in [0.1, 0.15) is 392 Å². The lowest BCUT2D eigenvalue weighted by molar-refractivity contribution is 0.0376. The van der Waals surface area contributed by atoms with Gasteiger partial charge in [0.05, 0.1) is 0 Å². The van der Waals surface area contributed by atoms with Gasteiger partial charge in [-0.05, 0) is 161 Å². The van der Waals surface area contributed by atoms with Gasteiger partial charge in [-0.3, -0.25) is 0 Å². The van der Waals surface area contributed by atoms with Crippen molar-refractivity contribution in [3.63, 3.8) is 0 Å². The molecule has 1 heterocycles. The van der Waals surface area contributed by atoms with Crippen LogP contribution in [-0.4, -0.2) is 50.8 Å². The second-order valence-corrected chi connectivity index (χ2v) is 44.8. The van der Waals surface area contributed by atoms with Crippen molar-refractivity contribution in [3.8, 4) is 0 Å². The molecule has 0 aromatic carbocycles. The van der Waals surface area contributed by atoms with Gasteiger partial charge in [-0.25, -0.2) is 0 Å². The standard InChI is InChI=1S/C72H144PS12/c74-62-48-36-26-16-6-1-11-21-31-43-56-70-57-55-69-81-84-73(83-80-68-54-42-41-53-67-79)85-82-72(60-46-34-24-14-4-9-19-29-39-51-65-77,61-47-35-25-15-5-10-20-30-40-52-66-78)71(70,58-44-32-22-12-2-7-17-27-37-49-63-75)59-45-33-23-13-3-8-18-28-38-50-64-76/h70,74-78H,1-69H2. The third kappa shape index (κ3) is 53.4. The average Bonchev–Trinajstić information content (AvgIpc) is 2.72. The first-order valence-electron chi connectivity index (χ1n) is 37.5. The Hall–Kier alpha value is 4.63. The van der Waals surface area contributed by atoms with Crippen LogP contribution in [0.4, 0.5) is 0 Å². The van der Waals surface area contributed by atoms with Gasteiger partial charge in [-0.1, -0.05) is 347 Å². The van der Waals surface area contributed by atoms with E-state index in [0.29, 0.717) is 10.2 Å². The molecule has 2 atom stereocenters. The summed E-state index contributed by atoms with van der Waals surface area (Å²) in [4.78, 5) is 0. The lowest BCUT2D eigenvalue weighted by Gasteiger charge is -2.56. The van der Waals surface area contributed by atoms with E-state index in [2.05, 4.69) is 127 Å². The largest absolute Gasteiger partial charge is 0.179 e. The van der Waals surface area contributed by atoms with Gasteiger partial charge < -0.3 is 0 Å². The highest BCUT2D eigenvalue weighted by atomic mass is 33.8. The molecule has 1 saturated heterocycles. The Balaban J connectivity index is 3.83. The zero-order chi connectivity index (χ0) is 61.2. The molecule has 0 amide bonds. The minimum atomic E-state index is -0.250. The molecule has 85 heavy (non-hydrogen) atoms. The van der Waals surface area contributed by atoms with E-state index in [1.807, 2.05) is 0 Å². The van der Waals surface area contributed by atoms with Crippen LogP contribution in [0.3, 0.4) is 0 Å². The summed E-state index contributed by atoms with van der Waals surface area (Å²) in [5, 5.41) is 0. The van der Waals surface area contributed by atoms with Gasteiger partial charge in [-0.2, -0.15) is 63.1 Å². The quantitative estimate of drug-likeness (QED) is 0.0177. The Labute approximate surface area is 592 Å². The fourth-order valence-corrected chi connectivity index (χ4v) is 40.6. The van der Waals surface area contributed by atoms with Gasteiger partial charge in [0.25, 0.3) is 0 Å². The Morgan fingerprint density at radius 2 is 0.635 bits per heavy atom. The van der Waals surface area contributed by atoms with Crippen LogP contribution in [0.2, 0.25) is 0 Å². The molecule has 0 N–H and O–H groups in total. The molecule has 0 saturated carbocycles. The molecule has 13 heteroatoms. The van der Waals surface area contributed by atoms with Crippen molar-refractivity contribution in [2.75, 3.05) is 46.0 Å². The van der Waals surface area contributed by atoms with Crippen LogP contribution in [0.15, 0.2) is 0 Å². The molecule has 1 fully saturated rings. The molecule has 0 spiro atoms. The van der Waals surface area contributed by atoms with Crippen molar-refractivity contribution < 1.29 is 0 Å². The summed E-state index contributed by atoms with van der Waals surface area (Å²) in [7, 11) is 14.3. The maximum atomic E-state index is 5.33. The summed E-state index contributed by atoms with van der Waals surface area (Å²) in [5.41, 5.74) is 0.167. The third-order valence-corrected chi connectivity index (χ3v) is 43.3.